The molecule has 0 bridgehead atoms. The Kier molecular flexibility index (Phi) is 4.82. The third-order valence-electron chi connectivity index (χ3n) is 4.36. The Morgan fingerprint density at radius 3 is 2.44 bits per heavy atom. The van der Waals surface area contributed by atoms with Crippen LogP contribution in [0.3, 0.4) is 0 Å². The van der Waals surface area contributed by atoms with Crippen molar-refractivity contribution < 1.29 is 0 Å². The number of rotatable bonds is 5. The van der Waals surface area contributed by atoms with Gasteiger partial charge < -0.3 is 5.32 Å². The average molecular weight is 245 g/mol. The van der Waals surface area contributed by atoms with Crippen LogP contribution in [0, 0.1) is 5.92 Å². The van der Waals surface area contributed by atoms with Crippen molar-refractivity contribution in [1.29, 1.82) is 0 Å². The minimum absolute atomic E-state index is 0.632. The maximum absolute atomic E-state index is 3.71. The fourth-order valence-corrected chi connectivity index (χ4v) is 2.91. The second kappa shape index (κ2) is 6.38. The predicted octanol–water partition coefficient (Wildman–Crippen LogP) is 4.48. The van der Waals surface area contributed by atoms with Crippen molar-refractivity contribution in [3.05, 3.63) is 35.4 Å². The highest BCUT2D eigenvalue weighted by atomic mass is 14.9. The van der Waals surface area contributed by atoms with Crippen LogP contribution in [-0.2, 0) is 6.54 Å². The van der Waals surface area contributed by atoms with Crippen molar-refractivity contribution in [3.8, 4) is 0 Å². The third kappa shape index (κ3) is 3.58. The van der Waals surface area contributed by atoms with Crippen LogP contribution in [0.5, 0.6) is 0 Å². The second-order valence-electron chi connectivity index (χ2n) is 6.06. The maximum Gasteiger partial charge on any atom is 0.0208 e. The molecule has 1 heteroatoms. The molecule has 2 unspecified atom stereocenters. The molecule has 2 rings (SSSR count). The molecular weight excluding hydrogens is 218 g/mol. The zero-order chi connectivity index (χ0) is 13.0. The highest BCUT2D eigenvalue weighted by molar-refractivity contribution is 5.24. The van der Waals surface area contributed by atoms with Gasteiger partial charge in [-0.05, 0) is 42.2 Å². The number of benzene rings is 1. The monoisotopic (exact) mass is 245 g/mol. The van der Waals surface area contributed by atoms with Gasteiger partial charge in [-0.25, -0.2) is 0 Å². The lowest BCUT2D eigenvalue weighted by molar-refractivity contribution is 0.476. The van der Waals surface area contributed by atoms with E-state index in [0.29, 0.717) is 5.92 Å². The Labute approximate surface area is 112 Å². The molecule has 0 saturated heterocycles. The molecule has 0 radical (unpaired) electrons. The van der Waals surface area contributed by atoms with E-state index in [4.69, 9.17) is 0 Å². The highest BCUT2D eigenvalue weighted by Crippen LogP contribution is 2.28. The lowest BCUT2D eigenvalue weighted by Gasteiger charge is -2.13. The molecule has 0 aliphatic heterocycles. The molecule has 1 nitrogen and oxygen atoms in total. The van der Waals surface area contributed by atoms with Gasteiger partial charge >= 0.3 is 0 Å². The largest absolute Gasteiger partial charge is 0.310 e. The summed E-state index contributed by atoms with van der Waals surface area (Å²) in [6, 6.07) is 9.83. The zero-order valence-electron chi connectivity index (χ0n) is 12.1. The van der Waals surface area contributed by atoms with Crippen molar-refractivity contribution in [2.45, 2.75) is 65.0 Å². The molecule has 0 aromatic heterocycles. The molecule has 1 fully saturated rings. The Balaban J connectivity index is 1.80. The molecule has 0 amide bonds. The van der Waals surface area contributed by atoms with Crippen LogP contribution in [-0.4, -0.2) is 6.04 Å². The Hall–Kier alpha value is -0.820. The average Bonchev–Trinajstić information content (AvgIpc) is 2.85. The van der Waals surface area contributed by atoms with E-state index in [1.54, 1.807) is 0 Å². The summed E-state index contributed by atoms with van der Waals surface area (Å²) in [5.74, 6) is 1.60. The molecule has 0 spiro atoms. The minimum Gasteiger partial charge on any atom is -0.310 e. The van der Waals surface area contributed by atoms with Crippen LogP contribution in [0.15, 0.2) is 24.3 Å². The number of hydrogen-bond acceptors (Lipinski definition) is 1. The number of hydrogen-bond donors (Lipinski definition) is 1. The van der Waals surface area contributed by atoms with Gasteiger partial charge in [-0.3, -0.25) is 0 Å². The van der Waals surface area contributed by atoms with Crippen LogP contribution in [0.4, 0.5) is 0 Å². The fourth-order valence-electron chi connectivity index (χ4n) is 2.91. The summed E-state index contributed by atoms with van der Waals surface area (Å²) in [4.78, 5) is 0. The summed E-state index contributed by atoms with van der Waals surface area (Å²) in [5.41, 5.74) is 2.85. The topological polar surface area (TPSA) is 12.0 Å². The molecule has 1 saturated carbocycles. The van der Waals surface area contributed by atoms with Gasteiger partial charge in [0, 0.05) is 12.6 Å². The van der Waals surface area contributed by atoms with Gasteiger partial charge in [-0.15, -0.1) is 0 Å². The molecule has 1 aromatic rings. The van der Waals surface area contributed by atoms with E-state index in [1.807, 2.05) is 0 Å². The van der Waals surface area contributed by atoms with Crippen molar-refractivity contribution in [2.24, 2.45) is 5.92 Å². The normalized spacial score (nSPS) is 23.8. The number of nitrogens with one attached hydrogen (secondary N) is 1. The van der Waals surface area contributed by atoms with E-state index in [2.05, 4.69) is 50.4 Å². The summed E-state index contributed by atoms with van der Waals surface area (Å²) in [6.45, 7) is 7.84. The van der Waals surface area contributed by atoms with E-state index in [-0.39, 0.29) is 0 Å². The van der Waals surface area contributed by atoms with Gasteiger partial charge in [0.05, 0.1) is 0 Å². The predicted molar refractivity (Wildman–Crippen MR) is 78.8 cm³/mol. The van der Waals surface area contributed by atoms with Crippen LogP contribution in [0.2, 0.25) is 0 Å². The summed E-state index contributed by atoms with van der Waals surface area (Å²) in [5, 5.41) is 3.71. The molecule has 1 N–H and O–H groups in total. The molecule has 2 atom stereocenters. The van der Waals surface area contributed by atoms with Crippen molar-refractivity contribution in [2.75, 3.05) is 0 Å². The third-order valence-corrected chi connectivity index (χ3v) is 4.36. The molecule has 1 aromatic carbocycles. The lowest BCUT2D eigenvalue weighted by Crippen LogP contribution is -2.25. The SMILES string of the molecule is CCC1CCC(NCc2ccc(C(C)C)cc2)C1. The van der Waals surface area contributed by atoms with Gasteiger partial charge in [-0.2, -0.15) is 0 Å². The fraction of sp³-hybridized carbons (Fsp3) is 0.647. The quantitative estimate of drug-likeness (QED) is 0.806. The Morgan fingerprint density at radius 2 is 1.89 bits per heavy atom. The first-order valence-corrected chi connectivity index (χ1v) is 7.51. The van der Waals surface area contributed by atoms with E-state index in [9.17, 15) is 0 Å². The molecule has 0 heterocycles. The van der Waals surface area contributed by atoms with E-state index < -0.39 is 0 Å². The molecule has 100 valence electrons. The highest BCUT2D eigenvalue weighted by Gasteiger charge is 2.22. The summed E-state index contributed by atoms with van der Waals surface area (Å²) in [7, 11) is 0. The van der Waals surface area contributed by atoms with Crippen LogP contribution in [0.1, 0.15) is 63.5 Å². The van der Waals surface area contributed by atoms with E-state index in [0.717, 1.165) is 18.5 Å². The Morgan fingerprint density at radius 1 is 1.17 bits per heavy atom. The standard InChI is InChI=1S/C17H27N/c1-4-14-7-10-17(11-14)18-12-15-5-8-16(9-6-15)13(2)3/h5-6,8-9,13-14,17-18H,4,7,10-12H2,1-3H3. The van der Waals surface area contributed by atoms with Crippen LogP contribution in [0.25, 0.3) is 0 Å². The minimum atomic E-state index is 0.632. The summed E-state index contributed by atoms with van der Waals surface area (Å²) >= 11 is 0. The van der Waals surface area contributed by atoms with Gasteiger partial charge in [-0.1, -0.05) is 51.5 Å². The molecule has 18 heavy (non-hydrogen) atoms. The summed E-state index contributed by atoms with van der Waals surface area (Å²) in [6.07, 6.45) is 5.50. The Bertz CT molecular complexity index is 352. The van der Waals surface area contributed by atoms with E-state index >= 15 is 0 Å². The van der Waals surface area contributed by atoms with Gasteiger partial charge in [0.15, 0.2) is 0 Å². The smallest absolute Gasteiger partial charge is 0.0208 e. The molecule has 1 aliphatic rings. The van der Waals surface area contributed by atoms with Crippen molar-refractivity contribution in [3.63, 3.8) is 0 Å². The lowest BCUT2D eigenvalue weighted by atomic mass is 10.0. The summed E-state index contributed by atoms with van der Waals surface area (Å²) < 4.78 is 0. The van der Waals surface area contributed by atoms with Crippen molar-refractivity contribution >= 4 is 0 Å². The molecular formula is C17H27N. The van der Waals surface area contributed by atoms with Crippen molar-refractivity contribution in [1.82, 2.24) is 5.32 Å². The van der Waals surface area contributed by atoms with Gasteiger partial charge in [0.25, 0.3) is 0 Å². The van der Waals surface area contributed by atoms with Crippen LogP contribution < -0.4 is 5.32 Å². The zero-order valence-corrected chi connectivity index (χ0v) is 12.1. The first-order chi connectivity index (χ1) is 8.69. The van der Waals surface area contributed by atoms with Gasteiger partial charge in [0.1, 0.15) is 0 Å². The first kappa shape index (κ1) is 13.6. The molecule has 1 aliphatic carbocycles. The van der Waals surface area contributed by atoms with Gasteiger partial charge in [0.2, 0.25) is 0 Å². The second-order valence-corrected chi connectivity index (χ2v) is 6.06. The van der Waals surface area contributed by atoms with E-state index in [1.165, 1.54) is 36.8 Å². The maximum atomic E-state index is 3.71. The van der Waals surface area contributed by atoms with Crippen LogP contribution >= 0.6 is 0 Å². The first-order valence-electron chi connectivity index (χ1n) is 7.51.